The van der Waals surface area contributed by atoms with Crippen molar-refractivity contribution in [1.29, 1.82) is 0 Å². The highest BCUT2D eigenvalue weighted by Gasteiger charge is 2.41. The molecule has 7 aliphatic carbocycles. The van der Waals surface area contributed by atoms with Crippen molar-refractivity contribution in [2.75, 3.05) is 0 Å². The minimum atomic E-state index is 0.399. The molecule has 0 heteroatoms. The fraction of sp³-hybridized carbons (Fsp3) is 0.148. The van der Waals surface area contributed by atoms with Crippen LogP contribution in [0.1, 0.15) is 64.1 Å². The molecule has 6 aromatic carbocycles. The van der Waals surface area contributed by atoms with Crippen molar-refractivity contribution in [2.45, 2.75) is 39.0 Å². The molecule has 3 unspecified atom stereocenters. The third kappa shape index (κ3) is 3.60. The molecule has 254 valence electrons. The van der Waals surface area contributed by atoms with Crippen LogP contribution in [0.4, 0.5) is 0 Å². The lowest BCUT2D eigenvalue weighted by atomic mass is 9.67. The Hall–Kier alpha value is -5.98. The van der Waals surface area contributed by atoms with Crippen LogP contribution in [-0.4, -0.2) is 0 Å². The molecule has 3 atom stereocenters. The van der Waals surface area contributed by atoms with Crippen molar-refractivity contribution in [3.63, 3.8) is 0 Å². The molecule has 0 nitrogen and oxygen atoms in total. The van der Waals surface area contributed by atoms with Crippen LogP contribution in [-0.2, 0) is 0 Å². The van der Waals surface area contributed by atoms with Gasteiger partial charge in [0, 0.05) is 11.8 Å². The summed E-state index contributed by atoms with van der Waals surface area (Å²) in [5.41, 5.74) is 27.0. The van der Waals surface area contributed by atoms with E-state index in [4.69, 9.17) is 0 Å². The molecule has 0 saturated heterocycles. The molecule has 13 rings (SSSR count). The molecule has 0 bridgehead atoms. The second-order valence-corrected chi connectivity index (χ2v) is 16.6. The van der Waals surface area contributed by atoms with E-state index >= 15 is 0 Å². The van der Waals surface area contributed by atoms with Gasteiger partial charge in [-0.15, -0.1) is 0 Å². The van der Waals surface area contributed by atoms with Crippen LogP contribution in [0.3, 0.4) is 0 Å². The highest BCUT2D eigenvalue weighted by molar-refractivity contribution is 6.21. The van der Waals surface area contributed by atoms with Crippen LogP contribution in [0.25, 0.3) is 78.1 Å². The molecular weight excluding hydrogens is 649 g/mol. The molecule has 6 aromatic rings. The Kier molecular flexibility index (Phi) is 5.66. The summed E-state index contributed by atoms with van der Waals surface area (Å²) in [5.74, 6) is 1.37. The fourth-order valence-corrected chi connectivity index (χ4v) is 11.7. The highest BCUT2D eigenvalue weighted by Crippen LogP contribution is 2.60. The van der Waals surface area contributed by atoms with Gasteiger partial charge in [0.1, 0.15) is 0 Å². The molecule has 0 N–H and O–H groups in total. The van der Waals surface area contributed by atoms with Gasteiger partial charge in [0.2, 0.25) is 0 Å². The van der Waals surface area contributed by atoms with Crippen molar-refractivity contribution < 1.29 is 0 Å². The van der Waals surface area contributed by atoms with Gasteiger partial charge >= 0.3 is 0 Å². The van der Waals surface area contributed by atoms with Crippen LogP contribution in [0, 0.1) is 25.7 Å². The third-order valence-corrected chi connectivity index (χ3v) is 14.0. The Morgan fingerprint density at radius 2 is 1.37 bits per heavy atom. The number of hydrogen-bond donors (Lipinski definition) is 0. The quantitative estimate of drug-likeness (QED) is 0.170. The molecule has 0 saturated carbocycles. The van der Waals surface area contributed by atoms with Crippen molar-refractivity contribution in [3.8, 4) is 44.5 Å². The summed E-state index contributed by atoms with van der Waals surface area (Å²) in [4.78, 5) is 0. The van der Waals surface area contributed by atoms with Crippen molar-refractivity contribution in [3.05, 3.63) is 188 Å². The van der Waals surface area contributed by atoms with Crippen LogP contribution < -0.4 is 10.4 Å². The average Bonchev–Trinajstić information content (AvgIpc) is 3.70. The first kappa shape index (κ1) is 29.5. The summed E-state index contributed by atoms with van der Waals surface area (Å²) < 4.78 is 0. The van der Waals surface area contributed by atoms with Gasteiger partial charge in [-0.2, -0.15) is 0 Å². The zero-order chi connectivity index (χ0) is 35.4. The monoisotopic (exact) mass is 686 g/mol. The first-order valence-corrected chi connectivity index (χ1v) is 19.9. The number of aryl methyl sites for hydroxylation is 2. The van der Waals surface area contributed by atoms with Crippen LogP contribution in [0.15, 0.2) is 139 Å². The van der Waals surface area contributed by atoms with Gasteiger partial charge in [0.05, 0.1) is 0 Å². The van der Waals surface area contributed by atoms with E-state index in [1.807, 2.05) is 0 Å². The Balaban J connectivity index is 1.24. The van der Waals surface area contributed by atoms with Crippen LogP contribution >= 0.6 is 0 Å². The Morgan fingerprint density at radius 1 is 0.611 bits per heavy atom. The zero-order valence-corrected chi connectivity index (χ0v) is 30.6. The molecule has 7 aliphatic rings. The summed E-state index contributed by atoms with van der Waals surface area (Å²) in [6.45, 7) is 4.62. The van der Waals surface area contributed by atoms with E-state index in [1.54, 1.807) is 11.1 Å². The number of rotatable bonds is 2. The lowest BCUT2D eigenvalue weighted by Gasteiger charge is -2.36. The van der Waals surface area contributed by atoms with E-state index in [0.717, 1.165) is 12.8 Å². The van der Waals surface area contributed by atoms with Gasteiger partial charge in [-0.05, 0) is 184 Å². The standard InChI is InChI=1S/C54H38/c1-29-11-3-6-16-35(29)50-45-28-42-41(39-24-23-32-22-21-31-14-9-15-34-26-43(42)52(39)48(32)47(31)34)27-44(45)51(36-17-7-4-12-30(36)2)54-46-25-33-13-5-8-18-37(33)38-19-10-20-40(49(38)46)53(50)54/h3-4,6-12,14-24,26-28,31,33,47H,5,13,25H2,1-2H3. The molecule has 0 amide bonds. The average molecular weight is 687 g/mol. The van der Waals surface area contributed by atoms with E-state index in [1.165, 1.54) is 122 Å². The maximum absolute atomic E-state index is 2.62. The molecule has 0 aliphatic heterocycles. The Labute approximate surface area is 316 Å². The SMILES string of the molecule is Cc1ccccc1-c1c2c(c(-c3ccccc3C)c3cc4c(cc13)-c1ccc3c5c1C4=CC1=CC=CC(C=C3)C15)-c1cccc3c1=C2CC1CCC=CC=31. The van der Waals surface area contributed by atoms with E-state index in [0.29, 0.717) is 17.8 Å². The number of fused-ring (bicyclic) bond motifs is 8. The van der Waals surface area contributed by atoms with E-state index < -0.39 is 0 Å². The summed E-state index contributed by atoms with van der Waals surface area (Å²) in [5, 5.41) is 5.67. The maximum Gasteiger partial charge on any atom is 0.0200 e. The molecule has 0 radical (unpaired) electrons. The van der Waals surface area contributed by atoms with Crippen molar-refractivity contribution in [2.24, 2.45) is 11.8 Å². The largest absolute Gasteiger partial charge is 0.0842 e. The second kappa shape index (κ2) is 10.4. The van der Waals surface area contributed by atoms with Gasteiger partial charge < -0.3 is 0 Å². The number of benzene rings is 6. The molecule has 0 spiro atoms. The smallest absolute Gasteiger partial charge is 0.0200 e. The van der Waals surface area contributed by atoms with Gasteiger partial charge in [0.15, 0.2) is 0 Å². The summed E-state index contributed by atoms with van der Waals surface area (Å²) in [7, 11) is 0. The molecule has 54 heavy (non-hydrogen) atoms. The lowest BCUT2D eigenvalue weighted by molar-refractivity contribution is 0.613. The Bertz CT molecular complexity index is 3090. The Morgan fingerprint density at radius 3 is 2.19 bits per heavy atom. The normalized spacial score (nSPS) is 21.0. The van der Waals surface area contributed by atoms with E-state index in [2.05, 4.69) is 153 Å². The summed E-state index contributed by atoms with van der Waals surface area (Å²) in [6, 6.07) is 35.5. The number of allylic oxidation sites excluding steroid dienone is 8. The highest BCUT2D eigenvalue weighted by atomic mass is 14.4. The predicted octanol–water partition coefficient (Wildman–Crippen LogP) is 12.1. The predicted molar refractivity (Wildman–Crippen MR) is 226 cm³/mol. The maximum atomic E-state index is 2.62. The topological polar surface area (TPSA) is 0 Å². The molecular formula is C54H38. The minimum absolute atomic E-state index is 0.399. The first-order chi connectivity index (χ1) is 26.6. The van der Waals surface area contributed by atoms with Crippen LogP contribution in [0.2, 0.25) is 0 Å². The first-order valence-electron chi connectivity index (χ1n) is 19.9. The summed E-state index contributed by atoms with van der Waals surface area (Å²) >= 11 is 0. The number of hydrogen-bond acceptors (Lipinski definition) is 0. The van der Waals surface area contributed by atoms with Gasteiger partial charge in [-0.25, -0.2) is 0 Å². The molecule has 0 heterocycles. The third-order valence-electron chi connectivity index (χ3n) is 14.0. The fourth-order valence-electron chi connectivity index (χ4n) is 11.7. The van der Waals surface area contributed by atoms with E-state index in [-0.39, 0.29) is 0 Å². The van der Waals surface area contributed by atoms with E-state index in [9.17, 15) is 0 Å². The molecule has 0 aromatic heterocycles. The minimum Gasteiger partial charge on any atom is -0.0842 e. The van der Waals surface area contributed by atoms with Gasteiger partial charge in [0.25, 0.3) is 0 Å². The van der Waals surface area contributed by atoms with Gasteiger partial charge in [-0.3, -0.25) is 0 Å². The lowest BCUT2D eigenvalue weighted by Crippen LogP contribution is -2.35. The van der Waals surface area contributed by atoms with Crippen molar-refractivity contribution >= 4 is 33.6 Å². The van der Waals surface area contributed by atoms with Crippen molar-refractivity contribution in [1.82, 2.24) is 0 Å². The zero-order valence-electron chi connectivity index (χ0n) is 30.6. The summed E-state index contributed by atoms with van der Waals surface area (Å²) in [6.07, 6.45) is 22.7. The van der Waals surface area contributed by atoms with Crippen LogP contribution in [0.5, 0.6) is 0 Å². The van der Waals surface area contributed by atoms with Gasteiger partial charge in [-0.1, -0.05) is 121 Å². The second-order valence-electron chi connectivity index (χ2n) is 16.6. The molecule has 0 fully saturated rings.